The minimum absolute atomic E-state index is 0.112. The van der Waals surface area contributed by atoms with Crippen LogP contribution in [0.3, 0.4) is 0 Å². The molecule has 0 spiro atoms. The van der Waals surface area contributed by atoms with Gasteiger partial charge in [-0.3, -0.25) is 14.8 Å². The lowest BCUT2D eigenvalue weighted by Crippen LogP contribution is -2.42. The summed E-state index contributed by atoms with van der Waals surface area (Å²) in [5.41, 5.74) is 2.43. The molecule has 22 heavy (non-hydrogen) atoms. The number of ether oxygens (including phenoxy) is 1. The second kappa shape index (κ2) is 6.72. The highest BCUT2D eigenvalue weighted by atomic mass is 16.5. The summed E-state index contributed by atoms with van der Waals surface area (Å²) >= 11 is 0. The number of carbonyl (C=O) groups excluding carboxylic acids is 2. The molecule has 1 aromatic carbocycles. The van der Waals surface area contributed by atoms with Crippen LogP contribution in [0.15, 0.2) is 30.3 Å². The van der Waals surface area contributed by atoms with Crippen molar-refractivity contribution < 1.29 is 19.5 Å². The third-order valence-corrected chi connectivity index (χ3v) is 3.97. The van der Waals surface area contributed by atoms with E-state index in [4.69, 9.17) is 9.94 Å². The number of rotatable bonds is 6. The molecule has 1 aliphatic carbocycles. The Morgan fingerprint density at radius 2 is 2.09 bits per heavy atom. The highest BCUT2D eigenvalue weighted by molar-refractivity contribution is 6.00. The SMILES string of the molecule is COCC1(N(C)C(=O)c2ccccc2/C=C/C(=O)NO)CC1. The van der Waals surface area contributed by atoms with Crippen LogP contribution in [-0.2, 0) is 9.53 Å². The number of nitrogens with one attached hydrogen (secondary N) is 1. The number of benzene rings is 1. The molecule has 1 fully saturated rings. The van der Waals surface area contributed by atoms with E-state index in [1.54, 1.807) is 43.3 Å². The van der Waals surface area contributed by atoms with E-state index in [2.05, 4.69) is 0 Å². The van der Waals surface area contributed by atoms with Crippen LogP contribution in [0.2, 0.25) is 0 Å². The van der Waals surface area contributed by atoms with Crippen LogP contribution in [0.4, 0.5) is 0 Å². The molecule has 6 heteroatoms. The van der Waals surface area contributed by atoms with Crippen LogP contribution in [0, 0.1) is 0 Å². The van der Waals surface area contributed by atoms with Crippen molar-refractivity contribution in [3.63, 3.8) is 0 Å². The number of carbonyl (C=O) groups is 2. The number of hydroxylamine groups is 1. The largest absolute Gasteiger partial charge is 0.382 e. The molecule has 0 bridgehead atoms. The quantitative estimate of drug-likeness (QED) is 0.474. The van der Waals surface area contributed by atoms with Crippen molar-refractivity contribution in [3.05, 3.63) is 41.5 Å². The Hall–Kier alpha value is -2.18. The highest BCUT2D eigenvalue weighted by Crippen LogP contribution is 2.41. The van der Waals surface area contributed by atoms with Gasteiger partial charge >= 0.3 is 0 Å². The van der Waals surface area contributed by atoms with Gasteiger partial charge in [-0.2, -0.15) is 0 Å². The molecule has 6 nitrogen and oxygen atoms in total. The van der Waals surface area contributed by atoms with E-state index in [-0.39, 0.29) is 11.4 Å². The Labute approximate surface area is 129 Å². The fourth-order valence-electron chi connectivity index (χ4n) is 2.43. The fraction of sp³-hybridized carbons (Fsp3) is 0.375. The molecule has 0 radical (unpaired) electrons. The Kier molecular flexibility index (Phi) is 4.95. The van der Waals surface area contributed by atoms with Crippen LogP contribution in [0.5, 0.6) is 0 Å². The maximum Gasteiger partial charge on any atom is 0.267 e. The first-order chi connectivity index (χ1) is 10.5. The third-order valence-electron chi connectivity index (χ3n) is 3.97. The van der Waals surface area contributed by atoms with Crippen LogP contribution in [-0.4, -0.2) is 48.2 Å². The van der Waals surface area contributed by atoms with Gasteiger partial charge in [0.15, 0.2) is 0 Å². The van der Waals surface area contributed by atoms with E-state index in [1.165, 1.54) is 17.6 Å². The number of likely N-dealkylation sites (N-methyl/N-ethyl adjacent to an activating group) is 1. The summed E-state index contributed by atoms with van der Waals surface area (Å²) in [5, 5.41) is 8.51. The lowest BCUT2D eigenvalue weighted by molar-refractivity contribution is -0.124. The third kappa shape index (κ3) is 3.35. The molecule has 2 N–H and O–H groups in total. The molecule has 2 amide bonds. The zero-order valence-electron chi connectivity index (χ0n) is 12.7. The van der Waals surface area contributed by atoms with E-state index < -0.39 is 5.91 Å². The number of nitrogens with zero attached hydrogens (tertiary/aromatic N) is 1. The molecule has 2 rings (SSSR count). The summed E-state index contributed by atoms with van der Waals surface area (Å²) in [4.78, 5) is 25.5. The van der Waals surface area contributed by atoms with Crippen LogP contribution >= 0.6 is 0 Å². The second-order valence-electron chi connectivity index (χ2n) is 5.42. The van der Waals surface area contributed by atoms with Gasteiger partial charge in [-0.1, -0.05) is 18.2 Å². The second-order valence-corrected chi connectivity index (χ2v) is 5.42. The zero-order chi connectivity index (χ0) is 16.2. The molecule has 0 unspecified atom stereocenters. The lowest BCUT2D eigenvalue weighted by Gasteiger charge is -2.28. The van der Waals surface area contributed by atoms with Crippen LogP contribution in [0.1, 0.15) is 28.8 Å². The van der Waals surface area contributed by atoms with Gasteiger partial charge in [-0.15, -0.1) is 0 Å². The Balaban J connectivity index is 2.23. The van der Waals surface area contributed by atoms with Crippen molar-refractivity contribution in [2.45, 2.75) is 18.4 Å². The zero-order valence-corrected chi connectivity index (χ0v) is 12.7. The van der Waals surface area contributed by atoms with Crippen LogP contribution in [0.25, 0.3) is 6.08 Å². The first kappa shape index (κ1) is 16.2. The smallest absolute Gasteiger partial charge is 0.267 e. The standard InChI is InChI=1S/C16H20N2O4/c1-18(16(9-10-16)11-22-2)15(20)13-6-4-3-5-12(13)7-8-14(19)17-21/h3-8,21H,9-11H2,1-2H3,(H,17,19)/b8-7+. The van der Waals surface area contributed by atoms with Crippen LogP contribution < -0.4 is 5.48 Å². The van der Waals surface area contributed by atoms with E-state index in [0.717, 1.165) is 12.8 Å². The predicted molar refractivity (Wildman–Crippen MR) is 81.3 cm³/mol. The first-order valence-electron chi connectivity index (χ1n) is 7.02. The molecule has 0 aliphatic heterocycles. The summed E-state index contributed by atoms with van der Waals surface area (Å²) in [7, 11) is 3.40. The molecule has 0 atom stereocenters. The van der Waals surface area contributed by atoms with E-state index in [9.17, 15) is 9.59 Å². The summed E-state index contributed by atoms with van der Waals surface area (Å²) in [6.45, 7) is 0.514. The van der Waals surface area contributed by atoms with Crippen molar-refractivity contribution in [1.29, 1.82) is 0 Å². The number of methoxy groups -OCH3 is 1. The molecular formula is C16H20N2O4. The van der Waals surface area contributed by atoms with E-state index >= 15 is 0 Å². The van der Waals surface area contributed by atoms with Crippen molar-refractivity contribution >= 4 is 17.9 Å². The fourth-order valence-corrected chi connectivity index (χ4v) is 2.43. The predicted octanol–water partition coefficient (Wildman–Crippen LogP) is 1.46. The van der Waals surface area contributed by atoms with Gasteiger partial charge in [0.2, 0.25) is 0 Å². The minimum Gasteiger partial charge on any atom is -0.382 e. The van der Waals surface area contributed by atoms with Gasteiger partial charge in [0, 0.05) is 25.8 Å². The van der Waals surface area contributed by atoms with Gasteiger partial charge < -0.3 is 9.64 Å². The molecule has 1 aliphatic rings. The number of hydrogen-bond acceptors (Lipinski definition) is 4. The summed E-state index contributed by atoms with van der Waals surface area (Å²) < 4.78 is 5.21. The maximum atomic E-state index is 12.7. The molecule has 0 aromatic heterocycles. The molecule has 1 saturated carbocycles. The van der Waals surface area contributed by atoms with Gasteiger partial charge in [0.25, 0.3) is 11.8 Å². The first-order valence-corrected chi connectivity index (χ1v) is 7.02. The van der Waals surface area contributed by atoms with E-state index in [0.29, 0.717) is 17.7 Å². The molecule has 118 valence electrons. The summed E-state index contributed by atoms with van der Waals surface area (Å²) in [6.07, 6.45) is 4.53. The number of hydrogen-bond donors (Lipinski definition) is 2. The van der Waals surface area contributed by atoms with Crippen molar-refractivity contribution in [2.75, 3.05) is 20.8 Å². The molecule has 1 aromatic rings. The Morgan fingerprint density at radius 3 is 2.68 bits per heavy atom. The van der Waals surface area contributed by atoms with Gasteiger partial charge in [-0.05, 0) is 30.5 Å². The molecule has 0 saturated heterocycles. The van der Waals surface area contributed by atoms with Gasteiger partial charge in [0.1, 0.15) is 0 Å². The average Bonchev–Trinajstić information content (AvgIpc) is 3.32. The Morgan fingerprint density at radius 1 is 1.41 bits per heavy atom. The lowest BCUT2D eigenvalue weighted by atomic mass is 10.0. The minimum atomic E-state index is -0.645. The molecule has 0 heterocycles. The van der Waals surface area contributed by atoms with Crippen molar-refractivity contribution in [1.82, 2.24) is 10.4 Å². The van der Waals surface area contributed by atoms with E-state index in [1.807, 2.05) is 0 Å². The number of amides is 2. The summed E-state index contributed by atoms with van der Waals surface area (Å²) in [5.74, 6) is -0.757. The van der Waals surface area contributed by atoms with Gasteiger partial charge in [-0.25, -0.2) is 5.48 Å². The Bertz CT molecular complexity index is 594. The van der Waals surface area contributed by atoms with Crippen molar-refractivity contribution in [3.8, 4) is 0 Å². The average molecular weight is 304 g/mol. The normalized spacial score (nSPS) is 15.6. The topological polar surface area (TPSA) is 78.9 Å². The highest BCUT2D eigenvalue weighted by Gasteiger charge is 2.48. The van der Waals surface area contributed by atoms with Crippen molar-refractivity contribution in [2.24, 2.45) is 0 Å². The molecular weight excluding hydrogens is 284 g/mol. The maximum absolute atomic E-state index is 12.7. The summed E-state index contributed by atoms with van der Waals surface area (Å²) in [6, 6.07) is 7.03. The monoisotopic (exact) mass is 304 g/mol. The van der Waals surface area contributed by atoms with Gasteiger partial charge in [0.05, 0.1) is 12.1 Å².